The van der Waals surface area contributed by atoms with Gasteiger partial charge in [-0.25, -0.2) is 4.68 Å². The number of esters is 1. The van der Waals surface area contributed by atoms with Crippen LogP contribution in [0.3, 0.4) is 0 Å². The van der Waals surface area contributed by atoms with Crippen LogP contribution < -0.4 is 9.74 Å². The maximum absolute atomic E-state index is 12.3. The van der Waals surface area contributed by atoms with E-state index in [1.807, 2.05) is 5.10 Å². The van der Waals surface area contributed by atoms with Crippen molar-refractivity contribution in [2.24, 2.45) is 0 Å². The zero-order valence-corrected chi connectivity index (χ0v) is 22.4. The lowest BCUT2D eigenvalue weighted by atomic mass is 10.3. The minimum Gasteiger partial charge on any atom is -0.466 e. The number of nitrogens with one attached hydrogen (secondary N) is 1. The predicted octanol–water partition coefficient (Wildman–Crippen LogP) is 4.44. The van der Waals surface area contributed by atoms with Gasteiger partial charge in [-0.15, -0.1) is 0 Å². The summed E-state index contributed by atoms with van der Waals surface area (Å²) in [6.45, 7) is 4.13. The highest BCUT2D eigenvalue weighted by atomic mass is 32.2. The summed E-state index contributed by atoms with van der Waals surface area (Å²) in [5, 5.41) is 4.85. The van der Waals surface area contributed by atoms with Crippen molar-refractivity contribution in [1.82, 2.24) is 19.6 Å². The molecule has 2 aromatic heterocycles. The Balaban J connectivity index is 0.000000644. The van der Waals surface area contributed by atoms with Crippen molar-refractivity contribution in [3.05, 3.63) is 33.9 Å². The molecule has 0 saturated carbocycles. The molecule has 11 nitrogen and oxygen atoms in total. The third-order valence-corrected chi connectivity index (χ3v) is 5.11. The number of rotatable bonds is 7. The topological polar surface area (TPSA) is 142 Å². The van der Waals surface area contributed by atoms with Crippen LogP contribution in [0.5, 0.6) is 5.88 Å². The van der Waals surface area contributed by atoms with Gasteiger partial charge in [0, 0.05) is 25.2 Å². The van der Waals surface area contributed by atoms with Crippen molar-refractivity contribution >= 4 is 21.9 Å². The van der Waals surface area contributed by atoms with Crippen molar-refractivity contribution in [3.8, 4) is 5.88 Å². The minimum absolute atomic E-state index is 0.0377. The van der Waals surface area contributed by atoms with Crippen LogP contribution in [0.25, 0.3) is 0 Å². The van der Waals surface area contributed by atoms with E-state index in [4.69, 9.17) is 0 Å². The number of H-pyrrole nitrogens is 1. The number of Topliss-reactive ketones (excluding diaryl/α,β-unsaturated/α-hetero) is 1. The first-order valence-electron chi connectivity index (χ1n) is 11.0. The number of carbonyl (C=O) groups is 2. The molecule has 0 atom stereocenters. The molecule has 0 aliphatic heterocycles. The number of hydrogen-bond donors (Lipinski definition) is 1. The zero-order chi connectivity index (χ0) is 34.2. The Bertz CT molecular complexity index is 1380. The van der Waals surface area contributed by atoms with Crippen LogP contribution in [0.1, 0.15) is 38.6 Å². The smallest absolute Gasteiger partial charge is 0.466 e. The van der Waals surface area contributed by atoms with Crippen molar-refractivity contribution in [2.75, 3.05) is 6.61 Å². The lowest BCUT2D eigenvalue weighted by molar-refractivity contribution is -0.174. The fourth-order valence-corrected chi connectivity index (χ4v) is 2.70. The number of alkyl halides is 12. The molecule has 0 aliphatic carbocycles. The number of ether oxygens (including phenoxy) is 1. The van der Waals surface area contributed by atoms with Crippen LogP contribution in [0.2, 0.25) is 0 Å². The van der Waals surface area contributed by atoms with Crippen LogP contribution in [-0.2, 0) is 49.9 Å². The van der Waals surface area contributed by atoms with Gasteiger partial charge >= 0.3 is 40.1 Å². The second-order valence-electron chi connectivity index (χ2n) is 7.32. The molecule has 1 N–H and O–H groups in total. The largest absolute Gasteiger partial charge is 0.534 e. The van der Waals surface area contributed by atoms with E-state index in [1.54, 1.807) is 6.92 Å². The molecule has 43 heavy (non-hydrogen) atoms. The third-order valence-electron chi connectivity index (χ3n) is 4.15. The summed E-state index contributed by atoms with van der Waals surface area (Å²) in [7, 11) is -6.04. The van der Waals surface area contributed by atoms with Gasteiger partial charge < -0.3 is 8.92 Å². The first-order valence-corrected chi connectivity index (χ1v) is 12.4. The van der Waals surface area contributed by atoms with Gasteiger partial charge in [0.05, 0.1) is 6.61 Å². The molecule has 248 valence electrons. The van der Waals surface area contributed by atoms with Gasteiger partial charge in [-0.3, -0.25) is 24.2 Å². The minimum atomic E-state index is -6.04. The number of ketones is 1. The quantitative estimate of drug-likeness (QED) is 0.149. The second-order valence-corrected chi connectivity index (χ2v) is 8.86. The summed E-state index contributed by atoms with van der Waals surface area (Å²) in [6, 6.07) is 0.621. The molecule has 24 heteroatoms. The van der Waals surface area contributed by atoms with Crippen molar-refractivity contribution in [2.45, 2.75) is 64.3 Å². The summed E-state index contributed by atoms with van der Waals surface area (Å²) in [5.74, 6) is -4.40. The summed E-state index contributed by atoms with van der Waals surface area (Å²) in [6.07, 6.45) is -15.6. The molecule has 0 unspecified atom stereocenters. The molecular formula is C19H20F12N4O7S. The van der Waals surface area contributed by atoms with Gasteiger partial charge in [-0.1, -0.05) is 0 Å². The Morgan fingerprint density at radius 2 is 1.42 bits per heavy atom. The average Bonchev–Trinajstić information content (AvgIpc) is 3.41. The maximum atomic E-state index is 12.3. The molecule has 0 spiro atoms. The van der Waals surface area contributed by atoms with Gasteiger partial charge in [-0.05, 0) is 20.8 Å². The highest BCUT2D eigenvalue weighted by molar-refractivity contribution is 7.87. The van der Waals surface area contributed by atoms with Gasteiger partial charge in [0.2, 0.25) is 11.7 Å². The van der Waals surface area contributed by atoms with Crippen LogP contribution >= 0.6 is 0 Å². The van der Waals surface area contributed by atoms with Gasteiger partial charge in [0.15, 0.2) is 5.69 Å². The second kappa shape index (κ2) is 14.6. The van der Waals surface area contributed by atoms with E-state index in [-0.39, 0.29) is 25.8 Å². The van der Waals surface area contributed by atoms with Crippen LogP contribution in [0.4, 0.5) is 52.7 Å². The first-order chi connectivity index (χ1) is 19.2. The fourth-order valence-electron chi connectivity index (χ4n) is 2.25. The maximum Gasteiger partial charge on any atom is 0.534 e. The number of aromatic amines is 1. The molecule has 0 saturated heterocycles. The van der Waals surface area contributed by atoms with E-state index in [1.165, 1.54) is 13.8 Å². The van der Waals surface area contributed by atoms with Gasteiger partial charge in [0.1, 0.15) is 12.1 Å². The van der Waals surface area contributed by atoms with E-state index in [9.17, 15) is 75.5 Å². The summed E-state index contributed by atoms with van der Waals surface area (Å²) >= 11 is 0. The Labute approximate surface area is 232 Å². The van der Waals surface area contributed by atoms with Crippen LogP contribution in [0, 0.1) is 0 Å². The summed E-state index contributed by atoms with van der Waals surface area (Å²) in [5.41, 5.74) is -8.96. The first kappa shape index (κ1) is 39.3. The van der Waals surface area contributed by atoms with E-state index in [0.717, 1.165) is 4.68 Å². The number of hydrogen-bond acceptors (Lipinski definition) is 8. The highest BCUT2D eigenvalue weighted by Crippen LogP contribution is 2.33. The zero-order valence-electron chi connectivity index (χ0n) is 21.6. The Hall–Kier alpha value is -3.73. The highest BCUT2D eigenvalue weighted by Gasteiger charge is 2.49. The molecule has 2 rings (SSSR count). The number of aryl methyl sites for hydroxylation is 2. The van der Waals surface area contributed by atoms with Gasteiger partial charge in [-0.2, -0.15) is 66.2 Å². The van der Waals surface area contributed by atoms with E-state index in [2.05, 4.69) is 14.0 Å². The standard InChI is InChI=1S/C7H6F6N2O3S.C6H7F3N2O.C6H7F3O3/c1-2-15-5(3-4(14-15)6(8,9)10)18-19(16,17)7(11,12)13;1-2-11-5(12)3-4(10-11)6(7,8)9;1-2-12-5(11)3-4(10)6(7,8)9/h3H,2H2,1H3;3,10H,2H2,1H3;2-3H2,1H3. The van der Waals surface area contributed by atoms with Crippen LogP contribution in [0.15, 0.2) is 16.9 Å². The number of halogens is 12. The molecule has 0 bridgehead atoms. The van der Waals surface area contributed by atoms with Crippen molar-refractivity contribution in [1.29, 1.82) is 0 Å². The van der Waals surface area contributed by atoms with Crippen molar-refractivity contribution < 1.29 is 79.6 Å². The molecular weight excluding hydrogens is 656 g/mol. The lowest BCUT2D eigenvalue weighted by Crippen LogP contribution is -2.28. The van der Waals surface area contributed by atoms with Gasteiger partial charge in [0.25, 0.3) is 5.56 Å². The molecule has 2 heterocycles. The number of carbonyl (C=O) groups excluding carboxylic acids is 2. The monoisotopic (exact) mass is 676 g/mol. The third kappa shape index (κ3) is 12.6. The molecule has 0 aliphatic rings. The van der Waals surface area contributed by atoms with Crippen molar-refractivity contribution in [3.63, 3.8) is 0 Å². The van der Waals surface area contributed by atoms with E-state index in [0.29, 0.717) is 10.7 Å². The number of nitrogens with zero attached hydrogens (tertiary/aromatic N) is 3. The summed E-state index contributed by atoms with van der Waals surface area (Å²) < 4.78 is 174. The fraction of sp³-hybridized carbons (Fsp3) is 0.579. The van der Waals surface area contributed by atoms with E-state index < -0.39 is 75.2 Å². The molecule has 0 amide bonds. The molecule has 0 fully saturated rings. The predicted molar refractivity (Wildman–Crippen MR) is 117 cm³/mol. The summed E-state index contributed by atoms with van der Waals surface area (Å²) in [4.78, 5) is 31.2. The average molecular weight is 676 g/mol. The Morgan fingerprint density at radius 3 is 1.74 bits per heavy atom. The Kier molecular flexibility index (Phi) is 13.4. The molecule has 0 radical (unpaired) electrons. The molecule has 0 aromatic carbocycles. The SMILES string of the molecule is CCOC(=O)CC(=O)C(F)(F)F.CCn1[nH]c(C(F)(F)F)cc1=O.CCn1nc(C(F)(F)F)cc1OS(=O)(=O)C(F)(F)F. The van der Waals surface area contributed by atoms with E-state index >= 15 is 0 Å². The lowest BCUT2D eigenvalue weighted by Gasteiger charge is -2.09. The Morgan fingerprint density at radius 1 is 0.884 bits per heavy atom. The normalized spacial score (nSPS) is 12.4. The van der Waals surface area contributed by atoms with Crippen LogP contribution in [-0.4, -0.2) is 58.0 Å². The number of aromatic nitrogens is 4. The molecule has 2 aromatic rings.